The van der Waals surface area contributed by atoms with Crippen molar-refractivity contribution in [1.29, 1.82) is 0 Å². The molecule has 0 aliphatic carbocycles. The predicted octanol–water partition coefficient (Wildman–Crippen LogP) is 1.00. The molecule has 0 aromatic carbocycles. The van der Waals surface area contributed by atoms with Gasteiger partial charge < -0.3 is 5.73 Å². The summed E-state index contributed by atoms with van der Waals surface area (Å²) in [4.78, 5) is 8.29. The van der Waals surface area contributed by atoms with Crippen molar-refractivity contribution in [2.24, 2.45) is 11.1 Å². The lowest BCUT2D eigenvalue weighted by molar-refractivity contribution is 0.368. The van der Waals surface area contributed by atoms with Gasteiger partial charge >= 0.3 is 0 Å². The highest BCUT2D eigenvalue weighted by Gasteiger charge is 2.17. The van der Waals surface area contributed by atoms with E-state index in [4.69, 9.17) is 5.73 Å². The van der Waals surface area contributed by atoms with E-state index in [1.807, 2.05) is 6.07 Å². The van der Waals surface area contributed by atoms with Gasteiger partial charge in [-0.15, -0.1) is 0 Å². The van der Waals surface area contributed by atoms with Crippen molar-refractivity contribution < 1.29 is 0 Å². The van der Waals surface area contributed by atoms with Gasteiger partial charge in [-0.1, -0.05) is 13.8 Å². The molecular weight excluding hydrogens is 150 g/mol. The molecule has 1 rings (SSSR count). The van der Waals surface area contributed by atoms with Gasteiger partial charge in [0, 0.05) is 18.8 Å². The molecule has 0 unspecified atom stereocenters. The molecule has 0 saturated carbocycles. The summed E-state index contributed by atoms with van der Waals surface area (Å²) in [6.07, 6.45) is 4.36. The molecule has 2 N–H and O–H groups in total. The Bertz CT molecular complexity index is 231. The fraction of sp³-hybridized carbons (Fsp3) is 0.556. The van der Waals surface area contributed by atoms with E-state index in [2.05, 4.69) is 23.8 Å². The molecule has 0 amide bonds. The van der Waals surface area contributed by atoms with Gasteiger partial charge in [-0.2, -0.15) is 0 Å². The average molecular weight is 165 g/mol. The number of hydrogen-bond donors (Lipinski definition) is 1. The summed E-state index contributed by atoms with van der Waals surface area (Å²) < 4.78 is 0. The highest BCUT2D eigenvalue weighted by atomic mass is 14.9. The highest BCUT2D eigenvalue weighted by Crippen LogP contribution is 2.16. The first-order chi connectivity index (χ1) is 5.64. The summed E-state index contributed by atoms with van der Waals surface area (Å²) in [5.41, 5.74) is 5.70. The molecule has 0 aliphatic heterocycles. The van der Waals surface area contributed by atoms with Crippen LogP contribution in [-0.4, -0.2) is 16.5 Å². The lowest BCUT2D eigenvalue weighted by Crippen LogP contribution is -2.26. The molecule has 0 radical (unpaired) electrons. The van der Waals surface area contributed by atoms with Gasteiger partial charge in [0.2, 0.25) is 0 Å². The Labute approximate surface area is 73.0 Å². The van der Waals surface area contributed by atoms with Crippen molar-refractivity contribution in [1.82, 2.24) is 9.97 Å². The maximum absolute atomic E-state index is 5.60. The largest absolute Gasteiger partial charge is 0.330 e. The van der Waals surface area contributed by atoms with Crippen LogP contribution >= 0.6 is 0 Å². The van der Waals surface area contributed by atoms with Crippen LogP contribution in [-0.2, 0) is 6.42 Å². The second-order valence-corrected chi connectivity index (χ2v) is 3.71. The lowest BCUT2D eigenvalue weighted by atomic mass is 9.89. The van der Waals surface area contributed by atoms with Gasteiger partial charge in [-0.05, 0) is 18.0 Å². The van der Waals surface area contributed by atoms with E-state index in [1.165, 1.54) is 0 Å². The minimum Gasteiger partial charge on any atom is -0.330 e. The van der Waals surface area contributed by atoms with E-state index in [0.717, 1.165) is 12.2 Å². The maximum atomic E-state index is 5.60. The molecule has 0 saturated heterocycles. The van der Waals surface area contributed by atoms with Gasteiger partial charge in [-0.25, -0.2) is 9.97 Å². The topological polar surface area (TPSA) is 51.8 Å². The van der Waals surface area contributed by atoms with Crippen molar-refractivity contribution >= 4 is 0 Å². The fourth-order valence-electron chi connectivity index (χ4n) is 0.921. The van der Waals surface area contributed by atoms with Gasteiger partial charge in [0.1, 0.15) is 5.82 Å². The lowest BCUT2D eigenvalue weighted by Gasteiger charge is -2.20. The second-order valence-electron chi connectivity index (χ2n) is 3.71. The number of hydrogen-bond acceptors (Lipinski definition) is 3. The van der Waals surface area contributed by atoms with E-state index in [-0.39, 0.29) is 5.41 Å². The maximum Gasteiger partial charge on any atom is 0.128 e. The Balaban J connectivity index is 2.64. The molecule has 3 heteroatoms. The third kappa shape index (κ3) is 2.58. The number of nitrogens with two attached hydrogens (primary N) is 1. The molecule has 1 aromatic rings. The first-order valence-corrected chi connectivity index (χ1v) is 4.10. The fourth-order valence-corrected chi connectivity index (χ4v) is 0.921. The Morgan fingerprint density at radius 3 is 2.42 bits per heavy atom. The Morgan fingerprint density at radius 1 is 1.33 bits per heavy atom. The van der Waals surface area contributed by atoms with Crippen LogP contribution < -0.4 is 5.73 Å². The van der Waals surface area contributed by atoms with Crippen LogP contribution in [0.5, 0.6) is 0 Å². The SMILES string of the molecule is CC(C)(CN)Cc1ncccn1. The molecule has 66 valence electrons. The molecule has 1 heterocycles. The summed E-state index contributed by atoms with van der Waals surface area (Å²) in [5.74, 6) is 0.868. The number of rotatable bonds is 3. The Kier molecular flexibility index (Phi) is 2.76. The summed E-state index contributed by atoms with van der Waals surface area (Å²) in [7, 11) is 0. The van der Waals surface area contributed by atoms with Gasteiger partial charge in [-0.3, -0.25) is 0 Å². The summed E-state index contributed by atoms with van der Waals surface area (Å²) in [5, 5.41) is 0. The molecule has 0 spiro atoms. The van der Waals surface area contributed by atoms with Crippen LogP contribution in [0.4, 0.5) is 0 Å². The first kappa shape index (κ1) is 9.13. The van der Waals surface area contributed by atoms with Crippen LogP contribution in [0.3, 0.4) is 0 Å². The first-order valence-electron chi connectivity index (χ1n) is 4.10. The molecular formula is C9H15N3. The zero-order chi connectivity index (χ0) is 9.03. The Hall–Kier alpha value is -0.960. The molecule has 0 atom stereocenters. The third-order valence-corrected chi connectivity index (χ3v) is 1.81. The molecule has 12 heavy (non-hydrogen) atoms. The quantitative estimate of drug-likeness (QED) is 0.727. The highest BCUT2D eigenvalue weighted by molar-refractivity contribution is 4.92. The van der Waals surface area contributed by atoms with Crippen molar-refractivity contribution in [3.05, 3.63) is 24.3 Å². The zero-order valence-corrected chi connectivity index (χ0v) is 7.62. The van der Waals surface area contributed by atoms with Crippen molar-refractivity contribution in [3.63, 3.8) is 0 Å². The standard InChI is InChI=1S/C9H15N3/c1-9(2,7-10)6-8-11-4-3-5-12-8/h3-5H,6-7,10H2,1-2H3. The molecule has 1 aromatic heterocycles. The predicted molar refractivity (Wildman–Crippen MR) is 48.6 cm³/mol. The smallest absolute Gasteiger partial charge is 0.128 e. The zero-order valence-electron chi connectivity index (χ0n) is 7.62. The van der Waals surface area contributed by atoms with E-state index in [1.54, 1.807) is 12.4 Å². The number of aromatic nitrogens is 2. The third-order valence-electron chi connectivity index (χ3n) is 1.81. The normalized spacial score (nSPS) is 11.6. The minimum absolute atomic E-state index is 0.0986. The molecule has 3 nitrogen and oxygen atoms in total. The summed E-state index contributed by atoms with van der Waals surface area (Å²) in [6, 6.07) is 1.82. The van der Waals surface area contributed by atoms with Gasteiger partial charge in [0.25, 0.3) is 0 Å². The van der Waals surface area contributed by atoms with Gasteiger partial charge in [0.15, 0.2) is 0 Å². The summed E-state index contributed by atoms with van der Waals surface area (Å²) >= 11 is 0. The van der Waals surface area contributed by atoms with Crippen molar-refractivity contribution in [2.45, 2.75) is 20.3 Å². The Morgan fingerprint density at radius 2 is 1.92 bits per heavy atom. The average Bonchev–Trinajstić information content (AvgIpc) is 2.06. The van der Waals surface area contributed by atoms with E-state index >= 15 is 0 Å². The summed E-state index contributed by atoms with van der Waals surface area (Å²) in [6.45, 7) is 4.89. The van der Waals surface area contributed by atoms with Crippen LogP contribution in [0.25, 0.3) is 0 Å². The van der Waals surface area contributed by atoms with Crippen molar-refractivity contribution in [3.8, 4) is 0 Å². The number of nitrogens with zero attached hydrogens (tertiary/aromatic N) is 2. The molecule has 0 bridgehead atoms. The monoisotopic (exact) mass is 165 g/mol. The van der Waals surface area contributed by atoms with Crippen LogP contribution in [0.2, 0.25) is 0 Å². The minimum atomic E-state index is 0.0986. The van der Waals surface area contributed by atoms with E-state index in [0.29, 0.717) is 6.54 Å². The van der Waals surface area contributed by atoms with Crippen LogP contribution in [0.1, 0.15) is 19.7 Å². The van der Waals surface area contributed by atoms with E-state index in [9.17, 15) is 0 Å². The molecule has 0 aliphatic rings. The van der Waals surface area contributed by atoms with Crippen LogP contribution in [0.15, 0.2) is 18.5 Å². The van der Waals surface area contributed by atoms with Gasteiger partial charge in [0.05, 0.1) is 0 Å². The second kappa shape index (κ2) is 3.63. The van der Waals surface area contributed by atoms with Crippen molar-refractivity contribution in [2.75, 3.05) is 6.54 Å². The van der Waals surface area contributed by atoms with Crippen LogP contribution in [0, 0.1) is 5.41 Å². The molecule has 0 fully saturated rings. The van der Waals surface area contributed by atoms with E-state index < -0.39 is 0 Å².